The first kappa shape index (κ1) is 28.6. The molecule has 0 aromatic heterocycles. The Kier molecular flexibility index (Phi) is 10.6. The smallest absolute Gasteiger partial charge is 0.408 e. The van der Waals surface area contributed by atoms with Gasteiger partial charge in [0.05, 0.1) is 6.61 Å². The van der Waals surface area contributed by atoms with Crippen LogP contribution in [0, 0.1) is 13.8 Å². The Hall–Kier alpha value is -2.61. The number of aryl methyl sites for hydroxylation is 2. The predicted molar refractivity (Wildman–Crippen MR) is 136 cm³/mol. The molecule has 196 valence electrons. The van der Waals surface area contributed by atoms with E-state index in [-0.39, 0.29) is 11.9 Å². The van der Waals surface area contributed by atoms with Gasteiger partial charge in [0.2, 0.25) is 11.8 Å². The molecule has 35 heavy (non-hydrogen) atoms. The normalized spacial score (nSPS) is 16.2. The highest BCUT2D eigenvalue weighted by molar-refractivity contribution is 5.92. The number of hydrogen-bond acceptors (Lipinski definition) is 5. The highest BCUT2D eigenvalue weighted by Crippen LogP contribution is 2.26. The summed E-state index contributed by atoms with van der Waals surface area (Å²) in [5.74, 6) is -0.766. The second kappa shape index (κ2) is 12.9. The maximum absolute atomic E-state index is 13.7. The van der Waals surface area contributed by atoms with E-state index in [1.54, 1.807) is 20.8 Å². The zero-order valence-electron chi connectivity index (χ0n) is 22.1. The van der Waals surface area contributed by atoms with Crippen LogP contribution < -0.4 is 10.6 Å². The number of carbonyl (C=O) groups is 3. The van der Waals surface area contributed by atoms with Crippen LogP contribution in [0.4, 0.5) is 4.79 Å². The van der Waals surface area contributed by atoms with E-state index >= 15 is 0 Å². The minimum atomic E-state index is -1.23. The lowest BCUT2D eigenvalue weighted by molar-refractivity contribution is -0.143. The van der Waals surface area contributed by atoms with Gasteiger partial charge >= 0.3 is 6.09 Å². The number of amides is 3. The van der Waals surface area contributed by atoms with Crippen LogP contribution in [0.25, 0.3) is 0 Å². The summed E-state index contributed by atoms with van der Waals surface area (Å²) in [5.41, 5.74) is 2.07. The Labute approximate surface area is 209 Å². The number of nitrogens with one attached hydrogen (secondary N) is 2. The van der Waals surface area contributed by atoms with E-state index in [9.17, 15) is 19.5 Å². The van der Waals surface area contributed by atoms with Crippen molar-refractivity contribution in [2.24, 2.45) is 0 Å². The standard InChI is InChI=1S/C27H43N3O5/c1-7-15-30(25(33)22(17-31)29-26(34)35-27(4,5)6)23(20-14-13-18(2)19(3)16-20)24(32)28-21-11-9-8-10-12-21/h13-14,16,21-23,31H,7-12,15,17H2,1-6H3,(H,28,32)(H,29,34). The second-order valence-electron chi connectivity index (χ2n) is 10.5. The zero-order chi connectivity index (χ0) is 26.2. The first-order chi connectivity index (χ1) is 16.5. The number of carbonyl (C=O) groups excluding carboxylic acids is 3. The van der Waals surface area contributed by atoms with Gasteiger partial charge in [-0.2, -0.15) is 0 Å². The van der Waals surface area contributed by atoms with Gasteiger partial charge in [0.1, 0.15) is 17.7 Å². The molecule has 1 fully saturated rings. The molecular formula is C27H43N3O5. The van der Waals surface area contributed by atoms with Crippen LogP contribution >= 0.6 is 0 Å². The summed E-state index contributed by atoms with van der Waals surface area (Å²) in [7, 11) is 0. The summed E-state index contributed by atoms with van der Waals surface area (Å²) in [6.07, 6.45) is 4.97. The molecule has 2 rings (SSSR count). The molecule has 1 saturated carbocycles. The molecule has 1 aliphatic carbocycles. The van der Waals surface area contributed by atoms with Crippen molar-refractivity contribution in [1.29, 1.82) is 0 Å². The molecule has 0 aliphatic heterocycles. The summed E-state index contributed by atoms with van der Waals surface area (Å²) in [6, 6.07) is 3.73. The van der Waals surface area contributed by atoms with Crippen LogP contribution in [0.2, 0.25) is 0 Å². The van der Waals surface area contributed by atoms with Crippen molar-refractivity contribution in [2.75, 3.05) is 13.2 Å². The third-order valence-electron chi connectivity index (χ3n) is 6.28. The summed E-state index contributed by atoms with van der Waals surface area (Å²) < 4.78 is 5.27. The fraction of sp³-hybridized carbons (Fsp3) is 0.667. The molecule has 0 heterocycles. The quantitative estimate of drug-likeness (QED) is 0.487. The molecule has 0 bridgehead atoms. The maximum Gasteiger partial charge on any atom is 0.408 e. The number of rotatable bonds is 9. The molecule has 2 atom stereocenters. The SMILES string of the molecule is CCCN(C(=O)C(CO)NC(=O)OC(C)(C)C)C(C(=O)NC1CCCCC1)c1ccc(C)c(C)c1. The summed E-state index contributed by atoms with van der Waals surface area (Å²) in [5, 5.41) is 15.6. The van der Waals surface area contributed by atoms with Crippen molar-refractivity contribution >= 4 is 17.9 Å². The predicted octanol–water partition coefficient (Wildman–Crippen LogP) is 3.92. The first-order valence-corrected chi connectivity index (χ1v) is 12.7. The Balaban J connectivity index is 2.38. The van der Waals surface area contributed by atoms with Crippen LogP contribution in [-0.4, -0.2) is 58.8 Å². The Morgan fingerprint density at radius 2 is 1.77 bits per heavy atom. The van der Waals surface area contributed by atoms with Gasteiger partial charge in [0, 0.05) is 12.6 Å². The lowest BCUT2D eigenvalue weighted by Crippen LogP contribution is -2.55. The van der Waals surface area contributed by atoms with E-state index in [0.717, 1.165) is 36.8 Å². The summed E-state index contributed by atoms with van der Waals surface area (Å²) in [4.78, 5) is 41.1. The molecule has 1 aliphatic rings. The Bertz CT molecular complexity index is 874. The van der Waals surface area contributed by atoms with Crippen molar-refractivity contribution in [3.63, 3.8) is 0 Å². The average molecular weight is 490 g/mol. The molecule has 1 aromatic rings. The number of aliphatic hydroxyl groups is 1. The van der Waals surface area contributed by atoms with Crippen molar-refractivity contribution in [1.82, 2.24) is 15.5 Å². The Morgan fingerprint density at radius 3 is 2.31 bits per heavy atom. The van der Waals surface area contributed by atoms with E-state index in [1.807, 2.05) is 39.0 Å². The summed E-state index contributed by atoms with van der Waals surface area (Å²) >= 11 is 0. The topological polar surface area (TPSA) is 108 Å². The number of nitrogens with zero attached hydrogens (tertiary/aromatic N) is 1. The zero-order valence-corrected chi connectivity index (χ0v) is 22.1. The monoisotopic (exact) mass is 489 g/mol. The number of ether oxygens (including phenoxy) is 1. The lowest BCUT2D eigenvalue weighted by Gasteiger charge is -2.35. The van der Waals surface area contributed by atoms with Crippen LogP contribution in [0.15, 0.2) is 18.2 Å². The summed E-state index contributed by atoms with van der Waals surface area (Å²) in [6.45, 7) is 10.7. The van der Waals surface area contributed by atoms with E-state index in [4.69, 9.17) is 4.74 Å². The van der Waals surface area contributed by atoms with Gasteiger partial charge in [0.25, 0.3) is 0 Å². The fourth-order valence-electron chi connectivity index (χ4n) is 4.38. The van der Waals surface area contributed by atoms with E-state index in [1.165, 1.54) is 11.3 Å². The molecule has 2 unspecified atom stereocenters. The number of benzene rings is 1. The second-order valence-corrected chi connectivity index (χ2v) is 10.5. The molecular weight excluding hydrogens is 446 g/mol. The van der Waals surface area contributed by atoms with E-state index in [2.05, 4.69) is 10.6 Å². The minimum Gasteiger partial charge on any atom is -0.444 e. The fourth-order valence-corrected chi connectivity index (χ4v) is 4.38. The van der Waals surface area contributed by atoms with Crippen molar-refractivity contribution in [2.45, 2.75) is 104 Å². The number of alkyl carbamates (subject to hydrolysis) is 1. The van der Waals surface area contributed by atoms with E-state index in [0.29, 0.717) is 18.5 Å². The van der Waals surface area contributed by atoms with Crippen molar-refractivity contribution in [3.8, 4) is 0 Å². The van der Waals surface area contributed by atoms with Gasteiger partial charge in [-0.3, -0.25) is 9.59 Å². The van der Waals surface area contributed by atoms with Gasteiger partial charge in [-0.25, -0.2) is 4.79 Å². The van der Waals surface area contributed by atoms with Crippen molar-refractivity contribution < 1.29 is 24.2 Å². The molecule has 8 nitrogen and oxygen atoms in total. The van der Waals surface area contributed by atoms with Crippen LogP contribution in [-0.2, 0) is 14.3 Å². The molecule has 3 N–H and O–H groups in total. The lowest BCUT2D eigenvalue weighted by atomic mass is 9.94. The molecule has 1 aromatic carbocycles. The molecule has 0 saturated heterocycles. The van der Waals surface area contributed by atoms with Crippen LogP contribution in [0.3, 0.4) is 0 Å². The molecule has 3 amide bonds. The third-order valence-corrected chi connectivity index (χ3v) is 6.28. The first-order valence-electron chi connectivity index (χ1n) is 12.7. The molecule has 0 spiro atoms. The van der Waals surface area contributed by atoms with E-state index < -0.39 is 36.3 Å². The van der Waals surface area contributed by atoms with Crippen LogP contribution in [0.1, 0.15) is 89.0 Å². The van der Waals surface area contributed by atoms with Gasteiger partial charge in [-0.05, 0) is 70.6 Å². The average Bonchev–Trinajstić information content (AvgIpc) is 2.78. The highest BCUT2D eigenvalue weighted by atomic mass is 16.6. The largest absolute Gasteiger partial charge is 0.444 e. The van der Waals surface area contributed by atoms with Gasteiger partial charge in [-0.15, -0.1) is 0 Å². The molecule has 8 heteroatoms. The number of hydrogen-bond donors (Lipinski definition) is 3. The van der Waals surface area contributed by atoms with Gasteiger partial charge < -0.3 is 25.4 Å². The number of aliphatic hydroxyl groups excluding tert-OH is 1. The molecule has 0 radical (unpaired) electrons. The third kappa shape index (κ3) is 8.53. The van der Waals surface area contributed by atoms with Crippen molar-refractivity contribution in [3.05, 3.63) is 34.9 Å². The maximum atomic E-state index is 13.7. The van der Waals surface area contributed by atoms with Gasteiger partial charge in [0.15, 0.2) is 0 Å². The van der Waals surface area contributed by atoms with Gasteiger partial charge in [-0.1, -0.05) is 44.4 Å². The Morgan fingerprint density at radius 1 is 1.11 bits per heavy atom. The minimum absolute atomic E-state index is 0.0809. The highest BCUT2D eigenvalue weighted by Gasteiger charge is 2.36. The van der Waals surface area contributed by atoms with Crippen LogP contribution in [0.5, 0.6) is 0 Å².